The van der Waals surface area contributed by atoms with Crippen LogP contribution in [0.4, 0.5) is 11.4 Å². The number of methoxy groups -OCH3 is 1. The molecule has 0 aliphatic carbocycles. The molecule has 6 heteroatoms. The summed E-state index contributed by atoms with van der Waals surface area (Å²) in [7, 11) is 1.74. The Hall–Kier alpha value is -2.08. The minimum absolute atomic E-state index is 0.156. The van der Waals surface area contributed by atoms with Gasteiger partial charge in [-0.2, -0.15) is 0 Å². The predicted octanol–water partition coefficient (Wildman–Crippen LogP) is 3.90. The number of benzene rings is 2. The van der Waals surface area contributed by atoms with Gasteiger partial charge in [0.05, 0.1) is 23.5 Å². The van der Waals surface area contributed by atoms with E-state index in [0.717, 1.165) is 66.8 Å². The van der Waals surface area contributed by atoms with Gasteiger partial charge in [-0.05, 0) is 67.7 Å². The highest BCUT2D eigenvalue weighted by Gasteiger charge is 2.40. The first-order valence-electron chi connectivity index (χ1n) is 9.87. The molecule has 2 heterocycles. The number of aliphatic imine (C=N–C) groups is 1. The average Bonchev–Trinajstić information content (AvgIpc) is 2.71. The fraction of sp³-hybridized carbons (Fsp3) is 0.409. The van der Waals surface area contributed by atoms with Crippen molar-refractivity contribution in [2.45, 2.75) is 31.3 Å². The Morgan fingerprint density at radius 2 is 2.00 bits per heavy atom. The van der Waals surface area contributed by atoms with Gasteiger partial charge < -0.3 is 20.7 Å². The molecule has 4 rings (SSSR count). The lowest BCUT2D eigenvalue weighted by atomic mass is 9.84. The van der Waals surface area contributed by atoms with E-state index in [1.54, 1.807) is 7.11 Å². The van der Waals surface area contributed by atoms with Crippen molar-refractivity contribution in [3.63, 3.8) is 0 Å². The third kappa shape index (κ3) is 4.17. The number of rotatable bonds is 5. The van der Waals surface area contributed by atoms with E-state index in [2.05, 4.69) is 40.2 Å². The number of nitrogens with one attached hydrogen (secondary N) is 3. The molecule has 0 radical (unpaired) electrons. The van der Waals surface area contributed by atoms with E-state index in [0.29, 0.717) is 6.54 Å². The molecule has 148 valence electrons. The molecular formula is C22H27ClN4O. The van der Waals surface area contributed by atoms with Crippen molar-refractivity contribution >= 4 is 28.8 Å². The van der Waals surface area contributed by atoms with Crippen molar-refractivity contribution < 1.29 is 4.74 Å². The van der Waals surface area contributed by atoms with Gasteiger partial charge in [-0.1, -0.05) is 29.8 Å². The highest BCUT2D eigenvalue weighted by molar-refractivity contribution is 6.30. The quantitative estimate of drug-likeness (QED) is 0.715. The van der Waals surface area contributed by atoms with Gasteiger partial charge in [0.1, 0.15) is 5.84 Å². The molecule has 1 spiro atoms. The summed E-state index contributed by atoms with van der Waals surface area (Å²) in [4.78, 5) is 5.03. The molecule has 2 aromatic rings. The second kappa shape index (κ2) is 8.52. The molecule has 2 aromatic carbocycles. The summed E-state index contributed by atoms with van der Waals surface area (Å²) < 4.78 is 5.22. The van der Waals surface area contributed by atoms with Gasteiger partial charge >= 0.3 is 0 Å². The van der Waals surface area contributed by atoms with Crippen LogP contribution in [0.2, 0.25) is 5.02 Å². The Morgan fingerprint density at radius 1 is 1.14 bits per heavy atom. The molecular weight excluding hydrogens is 372 g/mol. The van der Waals surface area contributed by atoms with Crippen LogP contribution in [0.25, 0.3) is 0 Å². The smallest absolute Gasteiger partial charge is 0.128 e. The maximum Gasteiger partial charge on any atom is 0.128 e. The number of nitrogens with zero attached hydrogens (tertiary/aromatic N) is 1. The first-order valence-corrected chi connectivity index (χ1v) is 10.2. The van der Waals surface area contributed by atoms with Crippen LogP contribution in [0.15, 0.2) is 47.5 Å². The summed E-state index contributed by atoms with van der Waals surface area (Å²) in [6.45, 7) is 3.38. The minimum Gasteiger partial charge on any atom is -0.384 e. The molecule has 2 aliphatic rings. The van der Waals surface area contributed by atoms with Crippen molar-refractivity contribution in [1.29, 1.82) is 0 Å². The van der Waals surface area contributed by atoms with Gasteiger partial charge in [-0.25, -0.2) is 4.99 Å². The van der Waals surface area contributed by atoms with Crippen molar-refractivity contribution in [3.8, 4) is 0 Å². The fourth-order valence-electron chi connectivity index (χ4n) is 3.96. The molecule has 28 heavy (non-hydrogen) atoms. The number of fused-ring (bicyclic) bond motifs is 1. The normalized spacial score (nSPS) is 17.6. The number of piperidine rings is 1. The van der Waals surface area contributed by atoms with Gasteiger partial charge in [0.15, 0.2) is 0 Å². The molecule has 1 saturated heterocycles. The van der Waals surface area contributed by atoms with Gasteiger partial charge in [0.2, 0.25) is 0 Å². The summed E-state index contributed by atoms with van der Waals surface area (Å²) >= 11 is 6.14. The lowest BCUT2D eigenvalue weighted by Gasteiger charge is -2.43. The number of hydrogen-bond acceptors (Lipinski definition) is 5. The summed E-state index contributed by atoms with van der Waals surface area (Å²) in [5, 5.41) is 11.6. The Bertz CT molecular complexity index is 861. The number of anilines is 1. The summed E-state index contributed by atoms with van der Waals surface area (Å²) in [5.41, 5.74) is 4.36. The monoisotopic (exact) mass is 398 g/mol. The molecule has 5 nitrogen and oxygen atoms in total. The average molecular weight is 399 g/mol. The van der Waals surface area contributed by atoms with Crippen molar-refractivity contribution in [3.05, 3.63) is 58.6 Å². The highest BCUT2D eigenvalue weighted by atomic mass is 35.5. The lowest BCUT2D eigenvalue weighted by molar-refractivity contribution is 0.202. The van der Waals surface area contributed by atoms with Crippen LogP contribution in [0.1, 0.15) is 24.0 Å². The molecule has 2 aliphatic heterocycles. The topological polar surface area (TPSA) is 57.7 Å². The van der Waals surface area contributed by atoms with Gasteiger partial charge in [-0.3, -0.25) is 0 Å². The van der Waals surface area contributed by atoms with Crippen molar-refractivity contribution in [1.82, 2.24) is 10.6 Å². The predicted molar refractivity (Wildman–Crippen MR) is 116 cm³/mol. The van der Waals surface area contributed by atoms with E-state index >= 15 is 0 Å². The van der Waals surface area contributed by atoms with E-state index in [9.17, 15) is 0 Å². The lowest BCUT2D eigenvalue weighted by Crippen LogP contribution is -2.58. The third-order valence-corrected chi connectivity index (χ3v) is 5.76. The van der Waals surface area contributed by atoms with Crippen LogP contribution in [-0.4, -0.2) is 38.2 Å². The molecule has 0 unspecified atom stereocenters. The van der Waals surface area contributed by atoms with Crippen LogP contribution in [0, 0.1) is 0 Å². The second-order valence-corrected chi connectivity index (χ2v) is 7.93. The first kappa shape index (κ1) is 19.2. The Kier molecular flexibility index (Phi) is 5.85. The second-order valence-electron chi connectivity index (χ2n) is 7.50. The zero-order valence-corrected chi connectivity index (χ0v) is 17.0. The first-order chi connectivity index (χ1) is 13.7. The zero-order valence-electron chi connectivity index (χ0n) is 16.2. The maximum atomic E-state index is 6.14. The van der Waals surface area contributed by atoms with E-state index in [1.165, 1.54) is 5.56 Å². The van der Waals surface area contributed by atoms with Crippen LogP contribution in [0.5, 0.6) is 0 Å². The van der Waals surface area contributed by atoms with E-state index in [1.807, 2.05) is 18.2 Å². The summed E-state index contributed by atoms with van der Waals surface area (Å²) in [6, 6.07) is 14.4. The van der Waals surface area contributed by atoms with Crippen LogP contribution in [0.3, 0.4) is 0 Å². The van der Waals surface area contributed by atoms with Crippen LogP contribution >= 0.6 is 11.6 Å². The molecule has 0 saturated carbocycles. The zero-order chi connectivity index (χ0) is 19.4. The molecule has 1 fully saturated rings. The van der Waals surface area contributed by atoms with Gasteiger partial charge in [-0.15, -0.1) is 0 Å². The summed E-state index contributed by atoms with van der Waals surface area (Å²) in [5.74, 6) is 1.02. The molecule has 0 atom stereocenters. The summed E-state index contributed by atoms with van der Waals surface area (Å²) in [6.07, 6.45) is 2.90. The van der Waals surface area contributed by atoms with Crippen LogP contribution < -0.4 is 16.0 Å². The van der Waals surface area contributed by atoms with Crippen molar-refractivity contribution in [2.75, 3.05) is 32.1 Å². The number of amidine groups is 1. The minimum atomic E-state index is -0.156. The number of hydrogen-bond donors (Lipinski definition) is 3. The van der Waals surface area contributed by atoms with E-state index in [-0.39, 0.29) is 5.54 Å². The Balaban J connectivity index is 1.60. The van der Waals surface area contributed by atoms with Gasteiger partial charge in [0, 0.05) is 18.7 Å². The Morgan fingerprint density at radius 3 is 2.79 bits per heavy atom. The van der Waals surface area contributed by atoms with Gasteiger partial charge in [0.25, 0.3) is 0 Å². The molecule has 0 bridgehead atoms. The number of halogens is 1. The molecule has 0 aromatic heterocycles. The maximum absolute atomic E-state index is 6.14. The van der Waals surface area contributed by atoms with Crippen LogP contribution in [-0.2, 0) is 17.7 Å². The molecule has 0 amide bonds. The third-order valence-electron chi connectivity index (χ3n) is 5.52. The fourth-order valence-corrected chi connectivity index (χ4v) is 4.17. The largest absolute Gasteiger partial charge is 0.384 e. The standard InChI is InChI=1S/C22H27ClN4O/c1-28-12-7-16-5-6-19-20(14-16)27-22(8-10-24-11-9-22)21(26-19)25-15-17-3-2-4-18(23)13-17/h2-6,13-14,24,27H,7-12,15H2,1H3,(H,25,26). The van der Waals surface area contributed by atoms with Crippen molar-refractivity contribution in [2.24, 2.45) is 4.99 Å². The SMILES string of the molecule is COCCc1ccc2c(c1)NC1(CCNCC1)C(NCc1cccc(Cl)c1)=N2. The van der Waals surface area contributed by atoms with E-state index < -0.39 is 0 Å². The molecule has 3 N–H and O–H groups in total. The Labute approximate surface area is 171 Å². The van der Waals surface area contributed by atoms with E-state index in [4.69, 9.17) is 21.3 Å². The number of ether oxygens (including phenoxy) is 1. The highest BCUT2D eigenvalue weighted by Crippen LogP contribution is 2.37.